The summed E-state index contributed by atoms with van der Waals surface area (Å²) >= 11 is 0. The lowest BCUT2D eigenvalue weighted by molar-refractivity contribution is -0.119. The molecule has 0 bridgehead atoms. The highest BCUT2D eigenvalue weighted by Gasteiger charge is 2.14. The van der Waals surface area contributed by atoms with Crippen molar-refractivity contribution < 1.29 is 14.2 Å². The zero-order chi connectivity index (χ0) is 12.0. The van der Waals surface area contributed by atoms with E-state index in [0.29, 0.717) is 18.3 Å². The van der Waals surface area contributed by atoms with Gasteiger partial charge < -0.3 is 14.2 Å². The van der Waals surface area contributed by atoms with Gasteiger partial charge in [0.2, 0.25) is 0 Å². The first-order valence-electron chi connectivity index (χ1n) is 6.42. The second kappa shape index (κ2) is 7.25. The van der Waals surface area contributed by atoms with E-state index in [-0.39, 0.29) is 0 Å². The van der Waals surface area contributed by atoms with Crippen LogP contribution in [0.4, 0.5) is 0 Å². The molecule has 0 aliphatic carbocycles. The van der Waals surface area contributed by atoms with E-state index in [4.69, 9.17) is 14.2 Å². The molecule has 0 amide bonds. The van der Waals surface area contributed by atoms with Crippen molar-refractivity contribution in [3.8, 4) is 0 Å². The number of rotatable bonds is 0. The molecule has 0 aromatic rings. The summed E-state index contributed by atoms with van der Waals surface area (Å²) in [5.74, 6) is 0.797. The maximum atomic E-state index is 5.39. The van der Waals surface area contributed by atoms with E-state index in [2.05, 4.69) is 13.8 Å². The van der Waals surface area contributed by atoms with Gasteiger partial charge in [-0.2, -0.15) is 0 Å². The molecule has 2 heterocycles. The average molecular weight is 230 g/mol. The van der Waals surface area contributed by atoms with Crippen molar-refractivity contribution in [2.24, 2.45) is 5.92 Å². The predicted molar refractivity (Wildman–Crippen MR) is 64.6 cm³/mol. The Morgan fingerprint density at radius 2 is 1.12 bits per heavy atom. The van der Waals surface area contributed by atoms with Crippen molar-refractivity contribution in [1.82, 2.24) is 0 Å². The Morgan fingerprint density at radius 1 is 0.625 bits per heavy atom. The van der Waals surface area contributed by atoms with Crippen molar-refractivity contribution >= 4 is 0 Å². The van der Waals surface area contributed by atoms with E-state index in [9.17, 15) is 0 Å². The molecule has 4 atom stereocenters. The highest BCUT2D eigenvalue weighted by molar-refractivity contribution is 4.62. The van der Waals surface area contributed by atoms with Crippen LogP contribution in [0.5, 0.6) is 0 Å². The Kier molecular flexibility index (Phi) is 6.32. The summed E-state index contributed by atoms with van der Waals surface area (Å²) in [6.45, 7) is 10.9. The van der Waals surface area contributed by atoms with Gasteiger partial charge in [-0.25, -0.2) is 0 Å². The molecule has 2 aliphatic rings. The van der Waals surface area contributed by atoms with Crippen molar-refractivity contribution in [3.63, 3.8) is 0 Å². The van der Waals surface area contributed by atoms with Gasteiger partial charge in [0.1, 0.15) is 0 Å². The summed E-state index contributed by atoms with van der Waals surface area (Å²) < 4.78 is 15.9. The van der Waals surface area contributed by atoms with Crippen LogP contribution in [0.1, 0.15) is 40.5 Å². The SMILES string of the molecule is CC1CCC(C)OC1.CC1COC(C)CO1. The van der Waals surface area contributed by atoms with Gasteiger partial charge in [-0.3, -0.25) is 0 Å². The molecular formula is C13H26O3. The molecule has 2 aliphatic heterocycles. The molecule has 3 nitrogen and oxygen atoms in total. The van der Waals surface area contributed by atoms with E-state index >= 15 is 0 Å². The van der Waals surface area contributed by atoms with Crippen LogP contribution < -0.4 is 0 Å². The Bertz CT molecular complexity index is 128. The first-order chi connectivity index (χ1) is 7.58. The summed E-state index contributed by atoms with van der Waals surface area (Å²) in [7, 11) is 0. The van der Waals surface area contributed by atoms with Crippen LogP contribution in [-0.4, -0.2) is 38.1 Å². The summed E-state index contributed by atoms with van der Waals surface area (Å²) in [5.41, 5.74) is 0. The Hall–Kier alpha value is -0.120. The third-order valence-corrected chi connectivity index (χ3v) is 2.96. The van der Waals surface area contributed by atoms with Gasteiger partial charge >= 0.3 is 0 Å². The second-order valence-electron chi connectivity index (χ2n) is 5.11. The molecule has 16 heavy (non-hydrogen) atoms. The molecule has 4 unspecified atom stereocenters. The Morgan fingerprint density at radius 3 is 1.44 bits per heavy atom. The van der Waals surface area contributed by atoms with Crippen LogP contribution in [0.25, 0.3) is 0 Å². The summed E-state index contributed by atoms with van der Waals surface area (Å²) in [6.07, 6.45) is 3.71. The number of ether oxygens (including phenoxy) is 3. The molecule has 0 N–H and O–H groups in total. The highest BCUT2D eigenvalue weighted by Crippen LogP contribution is 2.16. The van der Waals surface area contributed by atoms with Crippen molar-refractivity contribution in [2.75, 3.05) is 19.8 Å². The van der Waals surface area contributed by atoms with Gasteiger partial charge in [-0.15, -0.1) is 0 Å². The molecule has 0 saturated carbocycles. The lowest BCUT2D eigenvalue weighted by Gasteiger charge is -2.24. The van der Waals surface area contributed by atoms with Crippen molar-refractivity contribution in [3.05, 3.63) is 0 Å². The largest absolute Gasteiger partial charge is 0.378 e. The Balaban J connectivity index is 0.000000160. The van der Waals surface area contributed by atoms with E-state index in [0.717, 1.165) is 25.7 Å². The van der Waals surface area contributed by atoms with Crippen LogP contribution in [0, 0.1) is 5.92 Å². The van der Waals surface area contributed by atoms with Crippen LogP contribution >= 0.6 is 0 Å². The van der Waals surface area contributed by atoms with Gasteiger partial charge in [0.25, 0.3) is 0 Å². The van der Waals surface area contributed by atoms with E-state index in [1.54, 1.807) is 0 Å². The normalized spacial score (nSPS) is 39.8. The van der Waals surface area contributed by atoms with Gasteiger partial charge in [-0.1, -0.05) is 6.92 Å². The van der Waals surface area contributed by atoms with Gasteiger partial charge in [-0.05, 0) is 39.5 Å². The summed E-state index contributed by atoms with van der Waals surface area (Å²) in [4.78, 5) is 0. The monoisotopic (exact) mass is 230 g/mol. The van der Waals surface area contributed by atoms with Gasteiger partial charge in [0.05, 0.1) is 31.5 Å². The third kappa shape index (κ3) is 5.83. The minimum absolute atomic E-state index is 0.297. The third-order valence-electron chi connectivity index (χ3n) is 2.96. The maximum absolute atomic E-state index is 5.39. The zero-order valence-electron chi connectivity index (χ0n) is 11.1. The molecule has 0 radical (unpaired) electrons. The molecular weight excluding hydrogens is 204 g/mol. The minimum atomic E-state index is 0.297. The Labute approximate surface area is 99.5 Å². The van der Waals surface area contributed by atoms with Crippen LogP contribution in [-0.2, 0) is 14.2 Å². The quantitative estimate of drug-likeness (QED) is 0.640. The fourth-order valence-corrected chi connectivity index (χ4v) is 1.71. The van der Waals surface area contributed by atoms with Gasteiger partial charge in [0, 0.05) is 6.61 Å². The molecule has 0 aromatic heterocycles. The number of hydrogen-bond acceptors (Lipinski definition) is 3. The van der Waals surface area contributed by atoms with Crippen LogP contribution in [0.2, 0.25) is 0 Å². The standard InChI is InChI=1S/C7H14O.C6H12O2/c1-6-3-4-7(2)8-5-6;1-5-3-8-6(2)4-7-5/h6-7H,3-5H2,1-2H3;5-6H,3-4H2,1-2H3. The molecule has 0 aromatic carbocycles. The van der Waals surface area contributed by atoms with E-state index in [1.807, 2.05) is 13.8 Å². The first kappa shape index (κ1) is 13.9. The minimum Gasteiger partial charge on any atom is -0.378 e. The molecule has 3 heteroatoms. The maximum Gasteiger partial charge on any atom is 0.0781 e. The van der Waals surface area contributed by atoms with E-state index in [1.165, 1.54) is 12.8 Å². The van der Waals surface area contributed by atoms with Crippen LogP contribution in [0.15, 0.2) is 0 Å². The zero-order valence-corrected chi connectivity index (χ0v) is 11.1. The smallest absolute Gasteiger partial charge is 0.0781 e. The number of hydrogen-bond donors (Lipinski definition) is 0. The predicted octanol–water partition coefficient (Wildman–Crippen LogP) is 2.63. The highest BCUT2D eigenvalue weighted by atomic mass is 16.6. The van der Waals surface area contributed by atoms with Crippen molar-refractivity contribution in [1.29, 1.82) is 0 Å². The van der Waals surface area contributed by atoms with Gasteiger partial charge in [0.15, 0.2) is 0 Å². The lowest BCUT2D eigenvalue weighted by atomic mass is 10.0. The molecule has 2 rings (SSSR count). The fourth-order valence-electron chi connectivity index (χ4n) is 1.71. The fraction of sp³-hybridized carbons (Fsp3) is 1.00. The first-order valence-corrected chi connectivity index (χ1v) is 6.42. The lowest BCUT2D eigenvalue weighted by Crippen LogP contribution is -2.31. The molecule has 0 spiro atoms. The molecule has 96 valence electrons. The molecule has 2 saturated heterocycles. The topological polar surface area (TPSA) is 27.7 Å². The summed E-state index contributed by atoms with van der Waals surface area (Å²) in [6, 6.07) is 0. The average Bonchev–Trinajstić information content (AvgIpc) is 2.28. The van der Waals surface area contributed by atoms with E-state index < -0.39 is 0 Å². The summed E-state index contributed by atoms with van der Waals surface area (Å²) in [5, 5.41) is 0. The second-order valence-corrected chi connectivity index (χ2v) is 5.11. The van der Waals surface area contributed by atoms with Crippen LogP contribution in [0.3, 0.4) is 0 Å². The van der Waals surface area contributed by atoms with Crippen molar-refractivity contribution in [2.45, 2.75) is 58.8 Å². The molecule has 2 fully saturated rings.